The van der Waals surface area contributed by atoms with E-state index >= 15 is 0 Å². The van der Waals surface area contributed by atoms with E-state index in [0.717, 1.165) is 27.6 Å². The Morgan fingerprint density at radius 1 is 1.10 bits per heavy atom. The Bertz CT molecular complexity index is 1200. The summed E-state index contributed by atoms with van der Waals surface area (Å²) in [6.45, 7) is 16.2. The molecule has 0 spiro atoms. The fourth-order valence-electron chi connectivity index (χ4n) is 3.86. The molecular formula is C27H35NO2Si. The highest BCUT2D eigenvalue weighted by atomic mass is 28.4. The van der Waals surface area contributed by atoms with E-state index in [4.69, 9.17) is 4.43 Å². The van der Waals surface area contributed by atoms with Crippen LogP contribution < -0.4 is 5.56 Å². The van der Waals surface area contributed by atoms with Crippen LogP contribution in [-0.4, -0.2) is 12.9 Å². The van der Waals surface area contributed by atoms with E-state index in [2.05, 4.69) is 72.0 Å². The molecule has 0 bridgehead atoms. The normalized spacial score (nSPS) is 16.0. The van der Waals surface area contributed by atoms with Gasteiger partial charge in [-0.15, -0.1) is 0 Å². The maximum absolute atomic E-state index is 13.5. The van der Waals surface area contributed by atoms with E-state index in [1.54, 1.807) is 4.57 Å². The van der Waals surface area contributed by atoms with Crippen LogP contribution in [0.25, 0.3) is 16.5 Å². The molecule has 0 atom stereocenters. The molecule has 1 aliphatic carbocycles. The number of benzene rings is 2. The first-order valence-electron chi connectivity index (χ1n) is 11.3. The number of pyridine rings is 1. The van der Waals surface area contributed by atoms with E-state index in [1.165, 1.54) is 18.4 Å². The predicted octanol–water partition coefficient (Wildman–Crippen LogP) is 6.87. The quantitative estimate of drug-likeness (QED) is 0.411. The van der Waals surface area contributed by atoms with Crippen molar-refractivity contribution in [2.45, 2.75) is 77.6 Å². The Balaban J connectivity index is 1.75. The van der Waals surface area contributed by atoms with E-state index < -0.39 is 8.32 Å². The second kappa shape index (κ2) is 7.46. The van der Waals surface area contributed by atoms with Crippen LogP contribution in [0.2, 0.25) is 18.1 Å². The molecule has 164 valence electrons. The molecule has 2 aromatic carbocycles. The van der Waals surface area contributed by atoms with Crippen LogP contribution in [0, 0.1) is 6.92 Å². The molecule has 1 aromatic heterocycles. The van der Waals surface area contributed by atoms with Gasteiger partial charge in [0.25, 0.3) is 5.56 Å². The van der Waals surface area contributed by atoms with E-state index in [1.807, 2.05) is 24.4 Å². The van der Waals surface area contributed by atoms with Gasteiger partial charge in [-0.1, -0.05) is 52.0 Å². The molecular weight excluding hydrogens is 398 g/mol. The minimum Gasteiger partial charge on any atom is -0.412 e. The summed E-state index contributed by atoms with van der Waals surface area (Å²) in [4.78, 5) is 13.5. The second-order valence-corrected chi connectivity index (χ2v) is 15.8. The molecule has 0 N–H and O–H groups in total. The van der Waals surface area contributed by atoms with Crippen molar-refractivity contribution < 1.29 is 4.43 Å². The molecule has 3 nitrogen and oxygen atoms in total. The van der Waals surface area contributed by atoms with Crippen LogP contribution in [0.15, 0.2) is 53.5 Å². The number of rotatable bonds is 5. The summed E-state index contributed by atoms with van der Waals surface area (Å²) in [6, 6.07) is 14.6. The standard InChI is InChI=1S/C27H35NO2Si/c1-19-9-8-10-24(23(19)18-30-31(6,7)26(2,3)4)28-16-13-20-17-21(27(5)14-15-27)11-12-22(20)25(28)29/h8-13,16-17H,14-15,18H2,1-7H3. The number of fused-ring (bicyclic) bond motifs is 1. The van der Waals surface area contributed by atoms with Crippen molar-refractivity contribution in [2.24, 2.45) is 0 Å². The summed E-state index contributed by atoms with van der Waals surface area (Å²) < 4.78 is 8.32. The summed E-state index contributed by atoms with van der Waals surface area (Å²) in [6.07, 6.45) is 4.39. The van der Waals surface area contributed by atoms with E-state index in [0.29, 0.717) is 12.0 Å². The summed E-state index contributed by atoms with van der Waals surface area (Å²) >= 11 is 0. The lowest BCUT2D eigenvalue weighted by molar-refractivity contribution is 0.275. The second-order valence-electron chi connectivity index (χ2n) is 11.0. The third-order valence-corrected chi connectivity index (χ3v) is 12.1. The number of aromatic nitrogens is 1. The summed E-state index contributed by atoms with van der Waals surface area (Å²) in [7, 11) is -1.90. The topological polar surface area (TPSA) is 31.2 Å². The zero-order valence-electron chi connectivity index (χ0n) is 20.0. The molecule has 4 rings (SSSR count). The van der Waals surface area contributed by atoms with Crippen molar-refractivity contribution in [2.75, 3.05) is 0 Å². The van der Waals surface area contributed by atoms with Gasteiger partial charge in [-0.05, 0) is 78.0 Å². The Morgan fingerprint density at radius 2 is 1.81 bits per heavy atom. The molecule has 0 amide bonds. The largest absolute Gasteiger partial charge is 0.412 e. The minimum absolute atomic E-state index is 0.0316. The molecule has 0 saturated heterocycles. The highest BCUT2D eigenvalue weighted by molar-refractivity contribution is 6.74. The van der Waals surface area contributed by atoms with Gasteiger partial charge >= 0.3 is 0 Å². The summed E-state index contributed by atoms with van der Waals surface area (Å²) in [5, 5.41) is 1.94. The lowest BCUT2D eigenvalue weighted by Crippen LogP contribution is -2.40. The first kappa shape index (κ1) is 22.0. The minimum atomic E-state index is -1.90. The number of hydrogen-bond acceptors (Lipinski definition) is 2. The van der Waals surface area contributed by atoms with Gasteiger partial charge in [0.1, 0.15) is 0 Å². The first-order valence-corrected chi connectivity index (χ1v) is 14.2. The molecule has 0 unspecified atom stereocenters. The molecule has 31 heavy (non-hydrogen) atoms. The zero-order chi connectivity index (χ0) is 22.6. The molecule has 0 aliphatic heterocycles. The van der Waals surface area contributed by atoms with Gasteiger partial charge in [0.15, 0.2) is 8.32 Å². The fourth-order valence-corrected chi connectivity index (χ4v) is 4.80. The third-order valence-electron chi connectivity index (χ3n) is 7.63. The number of aryl methyl sites for hydroxylation is 1. The highest BCUT2D eigenvalue weighted by Gasteiger charge is 2.39. The van der Waals surface area contributed by atoms with Gasteiger partial charge in [-0.3, -0.25) is 9.36 Å². The van der Waals surface area contributed by atoms with Crippen LogP contribution >= 0.6 is 0 Å². The van der Waals surface area contributed by atoms with Crippen molar-refractivity contribution in [1.82, 2.24) is 4.57 Å². The first-order chi connectivity index (χ1) is 14.4. The highest BCUT2D eigenvalue weighted by Crippen LogP contribution is 2.48. The average molecular weight is 434 g/mol. The van der Waals surface area contributed by atoms with Gasteiger partial charge in [0, 0.05) is 17.1 Å². The van der Waals surface area contributed by atoms with E-state index in [-0.39, 0.29) is 10.6 Å². The predicted molar refractivity (Wildman–Crippen MR) is 133 cm³/mol. The smallest absolute Gasteiger partial charge is 0.262 e. The summed E-state index contributed by atoms with van der Waals surface area (Å²) in [5.74, 6) is 0. The van der Waals surface area contributed by atoms with Gasteiger partial charge in [-0.25, -0.2) is 0 Å². The van der Waals surface area contributed by atoms with Crippen LogP contribution in [0.5, 0.6) is 0 Å². The van der Waals surface area contributed by atoms with Crippen molar-refractivity contribution in [1.29, 1.82) is 0 Å². The number of nitrogens with zero attached hydrogens (tertiary/aromatic N) is 1. The van der Waals surface area contributed by atoms with Gasteiger partial charge in [-0.2, -0.15) is 0 Å². The molecule has 3 aromatic rings. The van der Waals surface area contributed by atoms with Crippen LogP contribution in [0.3, 0.4) is 0 Å². The SMILES string of the molecule is Cc1cccc(-n2ccc3cc(C4(C)CC4)ccc3c2=O)c1CO[Si](C)(C)C(C)(C)C. The zero-order valence-corrected chi connectivity index (χ0v) is 21.0. The van der Waals surface area contributed by atoms with Crippen LogP contribution in [-0.2, 0) is 16.4 Å². The Labute approximate surface area is 187 Å². The Hall–Kier alpha value is -2.17. The maximum Gasteiger partial charge on any atom is 0.262 e. The Morgan fingerprint density at radius 3 is 2.45 bits per heavy atom. The van der Waals surface area contributed by atoms with Gasteiger partial charge in [0.05, 0.1) is 12.3 Å². The van der Waals surface area contributed by atoms with E-state index in [9.17, 15) is 4.79 Å². The lowest BCUT2D eigenvalue weighted by atomic mass is 9.96. The van der Waals surface area contributed by atoms with Crippen LogP contribution in [0.1, 0.15) is 57.2 Å². The maximum atomic E-state index is 13.5. The number of hydrogen-bond donors (Lipinski definition) is 0. The molecule has 0 radical (unpaired) electrons. The summed E-state index contributed by atoms with van der Waals surface area (Å²) in [5.41, 5.74) is 4.84. The molecule has 1 aliphatic rings. The third kappa shape index (κ3) is 4.03. The van der Waals surface area contributed by atoms with Crippen LogP contribution in [0.4, 0.5) is 0 Å². The van der Waals surface area contributed by atoms with Crippen molar-refractivity contribution in [3.8, 4) is 5.69 Å². The molecule has 1 fully saturated rings. The lowest BCUT2D eigenvalue weighted by Gasteiger charge is -2.36. The van der Waals surface area contributed by atoms with Gasteiger partial charge in [0.2, 0.25) is 0 Å². The Kier molecular flexibility index (Phi) is 5.30. The molecule has 4 heteroatoms. The fraction of sp³-hybridized carbons (Fsp3) is 0.444. The molecule has 1 heterocycles. The van der Waals surface area contributed by atoms with Crippen molar-refractivity contribution in [3.05, 3.63) is 75.7 Å². The van der Waals surface area contributed by atoms with Crippen molar-refractivity contribution in [3.63, 3.8) is 0 Å². The molecule has 1 saturated carbocycles. The van der Waals surface area contributed by atoms with Gasteiger partial charge < -0.3 is 4.43 Å². The van der Waals surface area contributed by atoms with Crippen molar-refractivity contribution >= 4 is 19.1 Å². The monoisotopic (exact) mass is 433 g/mol. The average Bonchev–Trinajstić information content (AvgIpc) is 3.45.